The quantitative estimate of drug-likeness (QED) is 0.653. The van der Waals surface area contributed by atoms with Crippen LogP contribution in [0.4, 0.5) is 0 Å². The molecule has 4 nitrogen and oxygen atoms in total. The molecule has 0 N–H and O–H groups in total. The van der Waals surface area contributed by atoms with Gasteiger partial charge in [0.15, 0.2) is 11.5 Å². The Bertz CT molecular complexity index is 349. The van der Waals surface area contributed by atoms with E-state index in [2.05, 4.69) is 0 Å². The molecule has 0 atom stereocenters. The van der Waals surface area contributed by atoms with Crippen molar-refractivity contribution in [3.8, 4) is 17.2 Å². The highest BCUT2D eigenvalue weighted by Gasteiger charge is 2.07. The van der Waals surface area contributed by atoms with Crippen LogP contribution < -0.4 is 14.2 Å². The van der Waals surface area contributed by atoms with E-state index in [4.69, 9.17) is 14.2 Å². The van der Waals surface area contributed by atoms with Crippen molar-refractivity contribution in [3.63, 3.8) is 0 Å². The highest BCUT2D eigenvalue weighted by Crippen LogP contribution is 2.31. The lowest BCUT2D eigenvalue weighted by molar-refractivity contribution is -0.120. The van der Waals surface area contributed by atoms with Crippen LogP contribution in [-0.4, -0.2) is 19.7 Å². The smallest absolute Gasteiger partial charge is 0.298 e. The first kappa shape index (κ1) is 13.4. The van der Waals surface area contributed by atoms with E-state index in [1.807, 2.05) is 13.8 Å². The molecule has 1 aromatic rings. The topological polar surface area (TPSA) is 44.8 Å². The van der Waals surface area contributed by atoms with Gasteiger partial charge in [0, 0.05) is 6.07 Å². The molecule has 0 saturated carbocycles. The van der Waals surface area contributed by atoms with E-state index in [0.29, 0.717) is 31.2 Å². The summed E-state index contributed by atoms with van der Waals surface area (Å²) < 4.78 is 15.8. The molecule has 94 valence electrons. The van der Waals surface area contributed by atoms with Gasteiger partial charge in [-0.05, 0) is 25.0 Å². The van der Waals surface area contributed by atoms with Crippen molar-refractivity contribution in [2.24, 2.45) is 0 Å². The number of hydrogen-bond donors (Lipinski definition) is 0. The summed E-state index contributed by atoms with van der Waals surface area (Å²) in [5.74, 6) is 1.67. The Labute approximate surface area is 101 Å². The number of carbonyl (C=O) groups is 1. The van der Waals surface area contributed by atoms with Crippen molar-refractivity contribution in [2.45, 2.75) is 26.7 Å². The van der Waals surface area contributed by atoms with Gasteiger partial charge in [-0.3, -0.25) is 4.79 Å². The molecule has 0 spiro atoms. The minimum absolute atomic E-state index is 0.390. The summed E-state index contributed by atoms with van der Waals surface area (Å²) in [4.78, 5) is 10.3. The van der Waals surface area contributed by atoms with Crippen LogP contribution in [0.1, 0.15) is 26.7 Å². The highest BCUT2D eigenvalue weighted by molar-refractivity contribution is 5.53. The van der Waals surface area contributed by atoms with E-state index in [0.717, 1.165) is 18.6 Å². The zero-order chi connectivity index (χ0) is 12.5. The van der Waals surface area contributed by atoms with Crippen LogP contribution in [0, 0.1) is 0 Å². The van der Waals surface area contributed by atoms with Gasteiger partial charge in [0.1, 0.15) is 5.75 Å². The minimum Gasteiger partial charge on any atom is -0.493 e. The van der Waals surface area contributed by atoms with Crippen molar-refractivity contribution in [3.05, 3.63) is 18.2 Å². The molecule has 0 aromatic heterocycles. The van der Waals surface area contributed by atoms with Crippen LogP contribution >= 0.6 is 0 Å². The summed E-state index contributed by atoms with van der Waals surface area (Å²) >= 11 is 0. The molecule has 4 heteroatoms. The van der Waals surface area contributed by atoms with E-state index in [1.165, 1.54) is 0 Å². The summed E-state index contributed by atoms with van der Waals surface area (Å²) in [6, 6.07) is 5.17. The summed E-state index contributed by atoms with van der Waals surface area (Å²) in [6.45, 7) is 5.67. The third-order valence-corrected chi connectivity index (χ3v) is 2.02. The molecular formula is C13H18O4. The van der Waals surface area contributed by atoms with Gasteiger partial charge >= 0.3 is 0 Å². The molecular weight excluding hydrogens is 220 g/mol. The molecule has 0 amide bonds. The highest BCUT2D eigenvalue weighted by atomic mass is 16.5. The Morgan fingerprint density at radius 2 is 1.76 bits per heavy atom. The lowest BCUT2D eigenvalue weighted by atomic mass is 10.3. The minimum atomic E-state index is 0.390. The molecule has 0 bridgehead atoms. The third-order valence-electron chi connectivity index (χ3n) is 2.02. The Morgan fingerprint density at radius 3 is 2.41 bits per heavy atom. The van der Waals surface area contributed by atoms with Gasteiger partial charge in [-0.25, -0.2) is 0 Å². The van der Waals surface area contributed by atoms with Crippen LogP contribution in [0.5, 0.6) is 17.2 Å². The van der Waals surface area contributed by atoms with Crippen molar-refractivity contribution in [1.82, 2.24) is 0 Å². The van der Waals surface area contributed by atoms with Crippen LogP contribution in [0.3, 0.4) is 0 Å². The summed E-state index contributed by atoms with van der Waals surface area (Å²) in [6.07, 6.45) is 1.83. The fourth-order valence-corrected chi connectivity index (χ4v) is 1.27. The average molecular weight is 238 g/mol. The van der Waals surface area contributed by atoms with Crippen LogP contribution in [0.2, 0.25) is 0 Å². The lowest BCUT2D eigenvalue weighted by Gasteiger charge is -2.11. The van der Waals surface area contributed by atoms with Crippen molar-refractivity contribution >= 4 is 6.47 Å². The second-order valence-electron chi connectivity index (χ2n) is 3.52. The second-order valence-corrected chi connectivity index (χ2v) is 3.52. The van der Waals surface area contributed by atoms with Crippen LogP contribution in [0.15, 0.2) is 18.2 Å². The Morgan fingerprint density at radius 1 is 1.06 bits per heavy atom. The van der Waals surface area contributed by atoms with E-state index < -0.39 is 0 Å². The van der Waals surface area contributed by atoms with Gasteiger partial charge in [0.05, 0.1) is 13.2 Å². The van der Waals surface area contributed by atoms with E-state index in [9.17, 15) is 4.79 Å². The molecule has 0 aliphatic heterocycles. The zero-order valence-electron chi connectivity index (χ0n) is 10.3. The van der Waals surface area contributed by atoms with Gasteiger partial charge in [0.2, 0.25) is 0 Å². The maximum Gasteiger partial charge on any atom is 0.298 e. The lowest BCUT2D eigenvalue weighted by Crippen LogP contribution is -2.00. The van der Waals surface area contributed by atoms with E-state index in [1.54, 1.807) is 18.2 Å². The maximum absolute atomic E-state index is 10.3. The Hall–Kier alpha value is -1.71. The summed E-state index contributed by atoms with van der Waals surface area (Å²) in [5, 5.41) is 0. The number of ether oxygens (including phenoxy) is 3. The Kier molecular flexibility index (Phi) is 5.93. The molecule has 0 unspecified atom stereocenters. The summed E-state index contributed by atoms with van der Waals surface area (Å²) in [7, 11) is 0. The Balaban J connectivity index is 2.80. The van der Waals surface area contributed by atoms with E-state index >= 15 is 0 Å². The number of benzene rings is 1. The monoisotopic (exact) mass is 238 g/mol. The van der Waals surface area contributed by atoms with E-state index in [-0.39, 0.29) is 0 Å². The molecule has 0 aliphatic carbocycles. The molecule has 0 aliphatic rings. The summed E-state index contributed by atoms with van der Waals surface area (Å²) in [5.41, 5.74) is 0. The standard InChI is InChI=1S/C13H18O4/c1-3-7-15-11-5-6-12(17-10-14)13(9-11)16-8-4-2/h5-6,9-10H,3-4,7-8H2,1-2H3. The first-order valence-electron chi connectivity index (χ1n) is 5.81. The number of carbonyl (C=O) groups excluding carboxylic acids is 1. The normalized spacial score (nSPS) is 9.76. The number of hydrogen-bond acceptors (Lipinski definition) is 4. The van der Waals surface area contributed by atoms with Crippen molar-refractivity contribution in [1.29, 1.82) is 0 Å². The molecule has 0 fully saturated rings. The second kappa shape index (κ2) is 7.54. The van der Waals surface area contributed by atoms with Crippen molar-refractivity contribution in [2.75, 3.05) is 13.2 Å². The van der Waals surface area contributed by atoms with Gasteiger partial charge in [-0.15, -0.1) is 0 Å². The van der Waals surface area contributed by atoms with Crippen LogP contribution in [0.25, 0.3) is 0 Å². The zero-order valence-corrected chi connectivity index (χ0v) is 10.3. The molecule has 1 aromatic carbocycles. The molecule has 0 saturated heterocycles. The average Bonchev–Trinajstić information content (AvgIpc) is 2.36. The van der Waals surface area contributed by atoms with Crippen molar-refractivity contribution < 1.29 is 19.0 Å². The molecule has 17 heavy (non-hydrogen) atoms. The largest absolute Gasteiger partial charge is 0.493 e. The first-order chi connectivity index (χ1) is 8.31. The van der Waals surface area contributed by atoms with Gasteiger partial charge < -0.3 is 14.2 Å². The maximum atomic E-state index is 10.3. The predicted molar refractivity (Wildman–Crippen MR) is 64.7 cm³/mol. The SMILES string of the molecule is CCCOc1ccc(OC=O)c(OCCC)c1. The number of rotatable bonds is 8. The molecule has 1 rings (SSSR count). The van der Waals surface area contributed by atoms with Gasteiger partial charge in [-0.1, -0.05) is 13.8 Å². The fraction of sp³-hybridized carbons (Fsp3) is 0.462. The van der Waals surface area contributed by atoms with Crippen LogP contribution in [-0.2, 0) is 4.79 Å². The third kappa shape index (κ3) is 4.34. The molecule has 0 radical (unpaired) electrons. The van der Waals surface area contributed by atoms with Gasteiger partial charge in [-0.2, -0.15) is 0 Å². The van der Waals surface area contributed by atoms with Gasteiger partial charge in [0.25, 0.3) is 6.47 Å². The predicted octanol–water partition coefficient (Wildman–Crippen LogP) is 2.80. The fourth-order valence-electron chi connectivity index (χ4n) is 1.27. The molecule has 0 heterocycles. The first-order valence-corrected chi connectivity index (χ1v) is 5.81.